The number of methoxy groups -OCH3 is 2. The van der Waals surface area contributed by atoms with Crippen LogP contribution in [0.5, 0.6) is 11.5 Å². The Morgan fingerprint density at radius 2 is 1.88 bits per heavy atom. The molecule has 0 spiro atoms. The third kappa shape index (κ3) is 4.74. The second-order valence-corrected chi connectivity index (χ2v) is 5.33. The lowest BCUT2D eigenvalue weighted by molar-refractivity contribution is -0.384. The molecule has 0 fully saturated rings. The van der Waals surface area contributed by atoms with Gasteiger partial charge in [0.05, 0.1) is 29.9 Å². The van der Waals surface area contributed by atoms with Gasteiger partial charge in [-0.05, 0) is 23.8 Å². The van der Waals surface area contributed by atoms with Crippen LogP contribution in [0.1, 0.15) is 5.56 Å². The van der Waals surface area contributed by atoms with E-state index in [1.807, 2.05) is 0 Å². The number of carbonyl (C=O) groups is 1. The van der Waals surface area contributed by atoms with Crippen molar-refractivity contribution < 1.29 is 19.2 Å². The third-order valence-electron chi connectivity index (χ3n) is 3.31. The Bertz CT molecular complexity index is 797. The number of anilines is 1. The second-order valence-electron chi connectivity index (χ2n) is 4.92. The van der Waals surface area contributed by atoms with Crippen LogP contribution in [0.25, 0.3) is 0 Å². The van der Waals surface area contributed by atoms with Gasteiger partial charge in [-0.1, -0.05) is 17.7 Å². The highest BCUT2D eigenvalue weighted by Gasteiger charge is 2.12. The summed E-state index contributed by atoms with van der Waals surface area (Å²) in [7, 11) is 3.05. The van der Waals surface area contributed by atoms with E-state index in [0.717, 1.165) is 5.56 Å². The van der Waals surface area contributed by atoms with Crippen LogP contribution in [0.15, 0.2) is 36.4 Å². The Morgan fingerprint density at radius 1 is 1.16 bits per heavy atom. The van der Waals surface area contributed by atoms with Gasteiger partial charge in [-0.2, -0.15) is 0 Å². The van der Waals surface area contributed by atoms with Crippen LogP contribution in [0.3, 0.4) is 0 Å². The van der Waals surface area contributed by atoms with Crippen LogP contribution in [0.2, 0.25) is 5.02 Å². The predicted octanol–water partition coefficient (Wildman–Crippen LogP) is 3.59. The van der Waals surface area contributed by atoms with Crippen molar-refractivity contribution in [2.45, 2.75) is 6.54 Å². The minimum Gasteiger partial charge on any atom is -0.493 e. The van der Waals surface area contributed by atoms with Crippen LogP contribution in [-0.4, -0.2) is 25.2 Å². The van der Waals surface area contributed by atoms with Crippen molar-refractivity contribution >= 4 is 29.0 Å². The molecule has 0 aromatic heterocycles. The zero-order valence-corrected chi connectivity index (χ0v) is 14.3. The summed E-state index contributed by atoms with van der Waals surface area (Å²) in [4.78, 5) is 22.2. The molecule has 2 aromatic rings. The van der Waals surface area contributed by atoms with Gasteiger partial charge in [-0.25, -0.2) is 4.79 Å². The molecule has 0 saturated heterocycles. The van der Waals surface area contributed by atoms with Gasteiger partial charge < -0.3 is 20.1 Å². The van der Waals surface area contributed by atoms with Crippen molar-refractivity contribution in [1.82, 2.24) is 5.32 Å². The van der Waals surface area contributed by atoms with Crippen molar-refractivity contribution in [3.63, 3.8) is 0 Å². The summed E-state index contributed by atoms with van der Waals surface area (Å²) in [6, 6.07) is 8.50. The smallest absolute Gasteiger partial charge is 0.319 e. The van der Waals surface area contributed by atoms with Crippen LogP contribution in [0.4, 0.5) is 16.2 Å². The number of rotatable bonds is 6. The van der Waals surface area contributed by atoms with E-state index in [1.165, 1.54) is 32.4 Å². The average Bonchev–Trinajstić information content (AvgIpc) is 2.61. The number of halogens is 1. The fraction of sp³-hybridized carbons (Fsp3) is 0.188. The summed E-state index contributed by atoms with van der Waals surface area (Å²) >= 11 is 5.94. The van der Waals surface area contributed by atoms with E-state index in [9.17, 15) is 14.9 Å². The monoisotopic (exact) mass is 365 g/mol. The lowest BCUT2D eigenvalue weighted by Crippen LogP contribution is -2.28. The number of benzene rings is 2. The minimum absolute atomic E-state index is 0.153. The van der Waals surface area contributed by atoms with Crippen LogP contribution < -0.4 is 20.1 Å². The Balaban J connectivity index is 2.02. The number of hydrogen-bond donors (Lipinski definition) is 2. The lowest BCUT2D eigenvalue weighted by Gasteiger charge is -2.11. The first-order valence-corrected chi connectivity index (χ1v) is 7.52. The minimum atomic E-state index is -0.566. The number of carbonyl (C=O) groups excluding carboxylic acids is 1. The molecule has 2 N–H and O–H groups in total. The van der Waals surface area contributed by atoms with E-state index in [-0.39, 0.29) is 22.9 Å². The molecule has 0 unspecified atom stereocenters. The van der Waals surface area contributed by atoms with Gasteiger partial charge in [-0.15, -0.1) is 0 Å². The Kier molecular flexibility index (Phi) is 6.02. The lowest BCUT2D eigenvalue weighted by atomic mass is 10.2. The number of nitrogens with zero attached hydrogens (tertiary/aromatic N) is 1. The predicted molar refractivity (Wildman–Crippen MR) is 93.5 cm³/mol. The molecule has 0 atom stereocenters. The molecule has 2 amide bonds. The van der Waals surface area contributed by atoms with Gasteiger partial charge in [0.15, 0.2) is 11.5 Å². The summed E-state index contributed by atoms with van der Waals surface area (Å²) in [5.41, 5.74) is 0.776. The van der Waals surface area contributed by atoms with Gasteiger partial charge in [0.2, 0.25) is 0 Å². The number of non-ortho nitro benzene ring substituents is 1. The fourth-order valence-electron chi connectivity index (χ4n) is 2.06. The molecule has 0 heterocycles. The normalized spacial score (nSPS) is 10.0. The van der Waals surface area contributed by atoms with E-state index in [4.69, 9.17) is 21.1 Å². The van der Waals surface area contributed by atoms with Crippen LogP contribution in [-0.2, 0) is 6.54 Å². The van der Waals surface area contributed by atoms with Crippen molar-refractivity contribution in [2.24, 2.45) is 0 Å². The van der Waals surface area contributed by atoms with Crippen LogP contribution in [0, 0.1) is 10.1 Å². The average molecular weight is 366 g/mol. The van der Waals surface area contributed by atoms with Gasteiger partial charge in [0.1, 0.15) is 0 Å². The molecule has 8 nitrogen and oxygen atoms in total. The Morgan fingerprint density at radius 3 is 2.52 bits per heavy atom. The first-order chi connectivity index (χ1) is 11.9. The van der Waals surface area contributed by atoms with E-state index >= 15 is 0 Å². The summed E-state index contributed by atoms with van der Waals surface area (Å²) in [6.45, 7) is 0.221. The molecule has 0 aliphatic carbocycles. The molecule has 0 aliphatic heterocycles. The SMILES string of the molecule is COc1ccc(CNC(=O)Nc2cc([N+](=O)[O-])ccc2Cl)cc1OC. The molecule has 0 bridgehead atoms. The maximum absolute atomic E-state index is 12.0. The zero-order valence-electron chi connectivity index (χ0n) is 13.5. The van der Waals surface area contributed by atoms with Crippen molar-refractivity contribution in [1.29, 1.82) is 0 Å². The fourth-order valence-corrected chi connectivity index (χ4v) is 2.23. The molecular formula is C16H16ClN3O5. The van der Waals surface area contributed by atoms with Crippen molar-refractivity contribution in [3.8, 4) is 11.5 Å². The number of amides is 2. The largest absolute Gasteiger partial charge is 0.493 e. The molecular weight excluding hydrogens is 350 g/mol. The van der Waals surface area contributed by atoms with Gasteiger partial charge in [0, 0.05) is 18.7 Å². The maximum Gasteiger partial charge on any atom is 0.319 e. The number of nitro groups is 1. The Labute approximate surface area is 148 Å². The molecule has 0 radical (unpaired) electrons. The first-order valence-electron chi connectivity index (χ1n) is 7.14. The number of nitro benzene ring substituents is 1. The van der Waals surface area contributed by atoms with Crippen LogP contribution >= 0.6 is 11.6 Å². The van der Waals surface area contributed by atoms with E-state index < -0.39 is 11.0 Å². The first kappa shape index (κ1) is 18.3. The second kappa shape index (κ2) is 8.20. The highest BCUT2D eigenvalue weighted by atomic mass is 35.5. The number of ether oxygens (including phenoxy) is 2. The van der Waals surface area contributed by atoms with Crippen molar-refractivity contribution in [3.05, 3.63) is 57.1 Å². The molecule has 2 aromatic carbocycles. The van der Waals surface area contributed by atoms with Gasteiger partial charge in [-0.3, -0.25) is 10.1 Å². The van der Waals surface area contributed by atoms with Gasteiger partial charge >= 0.3 is 6.03 Å². The molecule has 0 saturated carbocycles. The molecule has 0 aliphatic rings. The quantitative estimate of drug-likeness (QED) is 0.601. The molecule has 2 rings (SSSR count). The summed E-state index contributed by atoms with van der Waals surface area (Å²) in [5, 5.41) is 16.1. The molecule has 25 heavy (non-hydrogen) atoms. The summed E-state index contributed by atoms with van der Waals surface area (Å²) < 4.78 is 10.3. The van der Waals surface area contributed by atoms with Crippen molar-refractivity contribution in [2.75, 3.05) is 19.5 Å². The zero-order chi connectivity index (χ0) is 18.4. The number of nitrogens with one attached hydrogen (secondary N) is 2. The van der Waals surface area contributed by atoms with E-state index in [0.29, 0.717) is 11.5 Å². The molecule has 9 heteroatoms. The van der Waals surface area contributed by atoms with E-state index in [2.05, 4.69) is 10.6 Å². The third-order valence-corrected chi connectivity index (χ3v) is 3.64. The standard InChI is InChI=1S/C16H16ClN3O5/c1-24-14-6-3-10(7-15(14)25-2)9-18-16(21)19-13-8-11(20(22)23)4-5-12(13)17/h3-8H,9H2,1-2H3,(H2,18,19,21). The number of urea groups is 1. The van der Waals surface area contributed by atoms with Gasteiger partial charge in [0.25, 0.3) is 5.69 Å². The van der Waals surface area contributed by atoms with E-state index in [1.54, 1.807) is 18.2 Å². The highest BCUT2D eigenvalue weighted by molar-refractivity contribution is 6.33. The summed E-state index contributed by atoms with van der Waals surface area (Å²) in [5.74, 6) is 1.13. The molecule has 132 valence electrons. The maximum atomic E-state index is 12.0. The number of hydrogen-bond acceptors (Lipinski definition) is 5. The summed E-state index contributed by atoms with van der Waals surface area (Å²) in [6.07, 6.45) is 0. The topological polar surface area (TPSA) is 103 Å². The highest BCUT2D eigenvalue weighted by Crippen LogP contribution is 2.28. The Hall–Kier alpha value is -3.00.